The monoisotopic (exact) mass is 205 g/mol. The maximum Gasteiger partial charge on any atom is 0.248 e. The van der Waals surface area contributed by atoms with Gasteiger partial charge in [0, 0.05) is 5.56 Å². The highest BCUT2D eigenvalue weighted by molar-refractivity contribution is 5.95. The number of aryl methyl sites for hydroxylation is 1. The molecule has 1 aromatic carbocycles. The summed E-state index contributed by atoms with van der Waals surface area (Å²) in [4.78, 5) is 11.3. The van der Waals surface area contributed by atoms with E-state index < -0.39 is 0 Å². The quantitative estimate of drug-likeness (QED) is 0.809. The first-order valence-electron chi connectivity index (χ1n) is 5.44. The lowest BCUT2D eigenvalue weighted by Crippen LogP contribution is -2.15. The van der Waals surface area contributed by atoms with E-state index in [1.54, 1.807) is 0 Å². The third kappa shape index (κ3) is 2.04. The Kier molecular flexibility index (Phi) is 3.51. The van der Waals surface area contributed by atoms with Gasteiger partial charge in [-0.3, -0.25) is 4.79 Å². The van der Waals surface area contributed by atoms with Gasteiger partial charge < -0.3 is 5.73 Å². The molecule has 82 valence electrons. The lowest BCUT2D eigenvalue weighted by molar-refractivity contribution is 0.0999. The van der Waals surface area contributed by atoms with Crippen LogP contribution in [0, 0.1) is 13.8 Å². The van der Waals surface area contributed by atoms with Crippen LogP contribution in [0.1, 0.15) is 46.5 Å². The zero-order valence-electron chi connectivity index (χ0n) is 9.98. The van der Waals surface area contributed by atoms with Crippen molar-refractivity contribution in [1.29, 1.82) is 0 Å². The summed E-state index contributed by atoms with van der Waals surface area (Å²) in [6, 6.07) is 1.91. The Morgan fingerprint density at radius 1 is 1.20 bits per heavy atom. The van der Waals surface area contributed by atoms with E-state index in [1.807, 2.05) is 19.9 Å². The Balaban J connectivity index is 3.51. The van der Waals surface area contributed by atoms with E-state index >= 15 is 0 Å². The van der Waals surface area contributed by atoms with E-state index in [9.17, 15) is 4.79 Å². The molecule has 0 saturated carbocycles. The second-order valence-electron chi connectivity index (χ2n) is 3.89. The fourth-order valence-electron chi connectivity index (χ4n) is 2.27. The first kappa shape index (κ1) is 11.8. The number of primary amides is 1. The molecule has 0 aliphatic carbocycles. The summed E-state index contributed by atoms with van der Waals surface area (Å²) in [6.45, 7) is 8.29. The Hall–Kier alpha value is -1.31. The molecule has 1 aromatic rings. The zero-order chi connectivity index (χ0) is 11.6. The molecule has 0 saturated heterocycles. The summed E-state index contributed by atoms with van der Waals surface area (Å²) in [6.07, 6.45) is 1.96. The predicted molar refractivity (Wildman–Crippen MR) is 63.2 cm³/mol. The minimum atomic E-state index is -0.326. The molecule has 0 fully saturated rings. The maximum atomic E-state index is 11.3. The van der Waals surface area contributed by atoms with Crippen LogP contribution in [0.15, 0.2) is 6.07 Å². The van der Waals surface area contributed by atoms with Gasteiger partial charge in [0.15, 0.2) is 0 Å². The molecule has 0 atom stereocenters. The van der Waals surface area contributed by atoms with E-state index in [0.717, 1.165) is 18.4 Å². The zero-order valence-corrected chi connectivity index (χ0v) is 9.98. The van der Waals surface area contributed by atoms with Crippen LogP contribution in [0.2, 0.25) is 0 Å². The van der Waals surface area contributed by atoms with E-state index in [2.05, 4.69) is 13.8 Å². The fourth-order valence-corrected chi connectivity index (χ4v) is 2.27. The third-order valence-corrected chi connectivity index (χ3v) is 3.03. The van der Waals surface area contributed by atoms with Crippen LogP contribution in [0.4, 0.5) is 0 Å². The lowest BCUT2D eigenvalue weighted by atomic mass is 9.90. The Morgan fingerprint density at radius 3 is 2.13 bits per heavy atom. The Morgan fingerprint density at radius 2 is 1.73 bits per heavy atom. The molecule has 0 aliphatic heterocycles. The van der Waals surface area contributed by atoms with E-state index in [-0.39, 0.29) is 5.91 Å². The number of hydrogen-bond donors (Lipinski definition) is 1. The number of carbonyl (C=O) groups is 1. The molecule has 0 radical (unpaired) electrons. The fraction of sp³-hybridized carbons (Fsp3) is 0.462. The van der Waals surface area contributed by atoms with Gasteiger partial charge in [0.05, 0.1) is 0 Å². The van der Waals surface area contributed by atoms with Crippen molar-refractivity contribution in [3.63, 3.8) is 0 Å². The predicted octanol–water partition coefficient (Wildman–Crippen LogP) is 2.53. The van der Waals surface area contributed by atoms with Gasteiger partial charge in [-0.2, -0.15) is 0 Å². The molecule has 0 heterocycles. The van der Waals surface area contributed by atoms with Crippen molar-refractivity contribution in [2.24, 2.45) is 5.73 Å². The van der Waals surface area contributed by atoms with Crippen molar-refractivity contribution < 1.29 is 4.79 Å². The molecule has 0 aliphatic rings. The molecule has 0 spiro atoms. The molecule has 2 nitrogen and oxygen atoms in total. The van der Waals surface area contributed by atoms with Crippen LogP contribution in [0.3, 0.4) is 0 Å². The average Bonchev–Trinajstić information content (AvgIpc) is 2.19. The Bertz CT molecular complexity index is 394. The van der Waals surface area contributed by atoms with Crippen LogP contribution < -0.4 is 5.73 Å². The van der Waals surface area contributed by atoms with Crippen molar-refractivity contribution in [3.05, 3.63) is 33.9 Å². The van der Waals surface area contributed by atoms with Gasteiger partial charge in [-0.1, -0.05) is 13.8 Å². The van der Waals surface area contributed by atoms with Gasteiger partial charge in [0.25, 0.3) is 0 Å². The molecule has 2 heteroatoms. The normalized spacial score (nSPS) is 10.4. The van der Waals surface area contributed by atoms with Crippen molar-refractivity contribution in [2.75, 3.05) is 0 Å². The summed E-state index contributed by atoms with van der Waals surface area (Å²) in [5, 5.41) is 0. The number of benzene rings is 1. The second-order valence-corrected chi connectivity index (χ2v) is 3.89. The highest BCUT2D eigenvalue weighted by Gasteiger charge is 2.13. The van der Waals surface area contributed by atoms with E-state index in [1.165, 1.54) is 16.7 Å². The largest absolute Gasteiger partial charge is 0.366 e. The van der Waals surface area contributed by atoms with Gasteiger partial charge >= 0.3 is 0 Å². The molecule has 15 heavy (non-hydrogen) atoms. The summed E-state index contributed by atoms with van der Waals surface area (Å²) in [5.41, 5.74) is 10.9. The molecule has 1 amide bonds. The van der Waals surface area contributed by atoms with E-state index in [0.29, 0.717) is 5.56 Å². The van der Waals surface area contributed by atoms with Crippen molar-refractivity contribution in [2.45, 2.75) is 40.5 Å². The van der Waals surface area contributed by atoms with Crippen LogP contribution in [0.5, 0.6) is 0 Å². The summed E-state index contributed by atoms with van der Waals surface area (Å²) >= 11 is 0. The highest BCUT2D eigenvalue weighted by atomic mass is 16.1. The molecular weight excluding hydrogens is 186 g/mol. The standard InChI is InChI=1S/C13H19NO/c1-5-10-8(3)7-12(13(14)15)9(4)11(10)6-2/h7H,5-6H2,1-4H3,(H2,14,15). The lowest BCUT2D eigenvalue weighted by Gasteiger charge is -2.15. The van der Waals surface area contributed by atoms with Crippen molar-refractivity contribution in [3.8, 4) is 0 Å². The number of amides is 1. The van der Waals surface area contributed by atoms with Crippen molar-refractivity contribution >= 4 is 5.91 Å². The van der Waals surface area contributed by atoms with Crippen LogP contribution in [0.25, 0.3) is 0 Å². The average molecular weight is 205 g/mol. The molecule has 0 unspecified atom stereocenters. The summed E-state index contributed by atoms with van der Waals surface area (Å²) < 4.78 is 0. The third-order valence-electron chi connectivity index (χ3n) is 3.03. The number of rotatable bonds is 3. The van der Waals surface area contributed by atoms with Gasteiger partial charge in [0.1, 0.15) is 0 Å². The van der Waals surface area contributed by atoms with Crippen LogP contribution in [-0.4, -0.2) is 5.91 Å². The van der Waals surface area contributed by atoms with E-state index in [4.69, 9.17) is 5.73 Å². The number of hydrogen-bond acceptors (Lipinski definition) is 1. The maximum absolute atomic E-state index is 11.3. The molecule has 2 N–H and O–H groups in total. The topological polar surface area (TPSA) is 43.1 Å². The first-order chi connectivity index (χ1) is 7.02. The van der Waals surface area contributed by atoms with Gasteiger partial charge in [0.2, 0.25) is 5.91 Å². The van der Waals surface area contributed by atoms with Crippen LogP contribution >= 0.6 is 0 Å². The molecule has 1 rings (SSSR count). The van der Waals surface area contributed by atoms with Gasteiger partial charge in [-0.15, -0.1) is 0 Å². The highest BCUT2D eigenvalue weighted by Crippen LogP contribution is 2.23. The molecule has 0 bridgehead atoms. The minimum Gasteiger partial charge on any atom is -0.366 e. The minimum absolute atomic E-state index is 0.326. The second kappa shape index (κ2) is 4.47. The SMILES string of the molecule is CCc1c(C)cc(C(N)=O)c(C)c1CC. The van der Waals surface area contributed by atoms with Gasteiger partial charge in [-0.05, 0) is 55.0 Å². The summed E-state index contributed by atoms with van der Waals surface area (Å²) in [5.74, 6) is -0.326. The summed E-state index contributed by atoms with van der Waals surface area (Å²) in [7, 11) is 0. The molecular formula is C13H19NO. The van der Waals surface area contributed by atoms with Gasteiger partial charge in [-0.25, -0.2) is 0 Å². The molecule has 0 aromatic heterocycles. The Labute approximate surface area is 91.5 Å². The van der Waals surface area contributed by atoms with Crippen molar-refractivity contribution in [1.82, 2.24) is 0 Å². The number of nitrogens with two attached hydrogens (primary N) is 1. The smallest absolute Gasteiger partial charge is 0.248 e. The van der Waals surface area contributed by atoms with Crippen LogP contribution in [-0.2, 0) is 12.8 Å². The first-order valence-corrected chi connectivity index (χ1v) is 5.44. The number of carbonyl (C=O) groups excluding carboxylic acids is 1.